The Hall–Kier alpha value is -3.04. The molecule has 0 atom stereocenters. The molecule has 1 saturated heterocycles. The van der Waals surface area contributed by atoms with E-state index in [0.717, 1.165) is 67.8 Å². The molecule has 2 aromatic rings. The van der Waals surface area contributed by atoms with Crippen LogP contribution in [0.4, 0.5) is 11.8 Å². The third-order valence-electron chi connectivity index (χ3n) is 7.20. The second-order valence-electron chi connectivity index (χ2n) is 9.87. The molecular formula is C26H35N7O2. The minimum absolute atomic E-state index is 0.192. The van der Waals surface area contributed by atoms with Gasteiger partial charge in [-0.3, -0.25) is 4.79 Å². The van der Waals surface area contributed by atoms with Gasteiger partial charge >= 0.3 is 0 Å². The van der Waals surface area contributed by atoms with Gasteiger partial charge < -0.3 is 20.3 Å². The van der Waals surface area contributed by atoms with Gasteiger partial charge in [0.25, 0.3) is 0 Å². The summed E-state index contributed by atoms with van der Waals surface area (Å²) in [6.07, 6.45) is 6.64. The van der Waals surface area contributed by atoms with Crippen LogP contribution in [0.5, 0.6) is 0 Å². The van der Waals surface area contributed by atoms with Crippen molar-refractivity contribution in [3.8, 4) is 0 Å². The number of carbonyl (C=O) groups excluding carboxylic acids is 1. The van der Waals surface area contributed by atoms with Gasteiger partial charge in [-0.2, -0.15) is 10.1 Å². The van der Waals surface area contributed by atoms with E-state index in [0.29, 0.717) is 38.8 Å². The van der Waals surface area contributed by atoms with Crippen molar-refractivity contribution in [1.29, 1.82) is 0 Å². The molecule has 3 aliphatic rings. The van der Waals surface area contributed by atoms with Crippen molar-refractivity contribution in [2.75, 3.05) is 43.2 Å². The van der Waals surface area contributed by atoms with Gasteiger partial charge in [0.15, 0.2) is 0 Å². The lowest BCUT2D eigenvalue weighted by atomic mass is 9.97. The van der Waals surface area contributed by atoms with Crippen LogP contribution in [0.15, 0.2) is 29.4 Å². The molecule has 1 aliphatic carbocycles. The van der Waals surface area contributed by atoms with Crippen LogP contribution >= 0.6 is 0 Å². The van der Waals surface area contributed by atoms with Crippen LogP contribution in [-0.4, -0.2) is 59.8 Å². The van der Waals surface area contributed by atoms with Crippen molar-refractivity contribution in [3.63, 3.8) is 0 Å². The summed E-state index contributed by atoms with van der Waals surface area (Å²) in [4.78, 5) is 27.3. The fraction of sp³-hybridized carbons (Fsp3) is 0.538. The van der Waals surface area contributed by atoms with Gasteiger partial charge in [-0.25, -0.2) is 10.4 Å². The average molecular weight is 478 g/mol. The van der Waals surface area contributed by atoms with Crippen LogP contribution in [0.1, 0.15) is 54.5 Å². The third-order valence-corrected chi connectivity index (χ3v) is 7.20. The first-order valence-corrected chi connectivity index (χ1v) is 12.7. The molecule has 0 spiro atoms. The highest BCUT2D eigenvalue weighted by Crippen LogP contribution is 2.52. The number of rotatable bonds is 9. The first kappa shape index (κ1) is 23.7. The number of amides is 1. The minimum Gasteiger partial charge on any atom is -0.378 e. The number of fused-ring (bicyclic) bond motifs is 1. The molecule has 0 radical (unpaired) electrons. The number of nitrogens with one attached hydrogen (secondary N) is 1. The van der Waals surface area contributed by atoms with Gasteiger partial charge in [0.05, 0.1) is 38.2 Å². The lowest BCUT2D eigenvalue weighted by molar-refractivity contribution is -0.138. The molecule has 3 N–H and O–H groups in total. The Bertz CT molecular complexity index is 1090. The molecule has 1 saturated carbocycles. The number of carbonyl (C=O) groups is 1. The van der Waals surface area contributed by atoms with Gasteiger partial charge in [0, 0.05) is 24.1 Å². The zero-order valence-electron chi connectivity index (χ0n) is 20.5. The van der Waals surface area contributed by atoms with Crippen LogP contribution in [0.2, 0.25) is 0 Å². The van der Waals surface area contributed by atoms with Crippen molar-refractivity contribution in [3.05, 3.63) is 46.6 Å². The molecule has 186 valence electrons. The number of hydrazone groups is 1. The maximum atomic E-state index is 13.5. The zero-order valence-corrected chi connectivity index (χ0v) is 20.5. The van der Waals surface area contributed by atoms with Gasteiger partial charge in [0.1, 0.15) is 5.82 Å². The summed E-state index contributed by atoms with van der Waals surface area (Å²) in [5, 5.41) is 4.38. The molecule has 35 heavy (non-hydrogen) atoms. The Balaban J connectivity index is 1.35. The van der Waals surface area contributed by atoms with Gasteiger partial charge in [-0.1, -0.05) is 36.2 Å². The summed E-state index contributed by atoms with van der Waals surface area (Å²) in [6.45, 7) is 6.69. The topological polar surface area (TPSA) is 109 Å². The maximum absolute atomic E-state index is 13.5. The van der Waals surface area contributed by atoms with E-state index in [4.69, 9.17) is 20.4 Å². The molecule has 1 aromatic heterocycles. The highest BCUT2D eigenvalue weighted by Gasteiger charge is 2.51. The molecule has 0 bridgehead atoms. The number of hydrogen-bond donors (Lipinski definition) is 2. The number of anilines is 2. The minimum atomic E-state index is -0.192. The molecule has 5 rings (SSSR count). The normalized spacial score (nSPS) is 18.7. The van der Waals surface area contributed by atoms with E-state index in [2.05, 4.69) is 34.5 Å². The van der Waals surface area contributed by atoms with Crippen LogP contribution in [0.3, 0.4) is 0 Å². The summed E-state index contributed by atoms with van der Waals surface area (Å²) in [7, 11) is 0. The highest BCUT2D eigenvalue weighted by molar-refractivity contribution is 5.86. The van der Waals surface area contributed by atoms with Crippen molar-refractivity contribution in [2.24, 2.45) is 16.3 Å². The predicted molar refractivity (Wildman–Crippen MR) is 136 cm³/mol. The van der Waals surface area contributed by atoms with E-state index in [-0.39, 0.29) is 11.3 Å². The SMILES string of the molecule is Cc1cccc(/C=N/Nc2nc3c(c(N4CCOCC4)n2)CN(C(=O)C2(CCCCN)CC2)C3)c1. The number of ether oxygens (including phenoxy) is 1. The van der Waals surface area contributed by atoms with E-state index >= 15 is 0 Å². The monoisotopic (exact) mass is 477 g/mol. The standard InChI is InChI=1S/C26H35N7O2/c1-19-5-4-6-20(15-19)16-28-31-25-29-22-18-33(24(34)26(8-9-26)7-2-3-10-27)17-21(22)23(30-25)32-11-13-35-14-12-32/h4-6,15-16H,2-3,7-14,17-18,27H2,1H3,(H,29,30,31)/b28-16+. The van der Waals surface area contributed by atoms with Crippen LogP contribution in [0, 0.1) is 12.3 Å². The summed E-state index contributed by atoms with van der Waals surface area (Å²) in [5.41, 5.74) is 12.6. The zero-order chi connectivity index (χ0) is 24.3. The van der Waals surface area contributed by atoms with E-state index in [9.17, 15) is 4.79 Å². The van der Waals surface area contributed by atoms with Crippen LogP contribution in [-0.2, 0) is 22.6 Å². The van der Waals surface area contributed by atoms with E-state index in [1.54, 1.807) is 6.21 Å². The lowest BCUT2D eigenvalue weighted by Gasteiger charge is -2.29. The average Bonchev–Trinajstić information content (AvgIpc) is 3.54. The molecule has 2 aliphatic heterocycles. The summed E-state index contributed by atoms with van der Waals surface area (Å²) >= 11 is 0. The number of hydrogen-bond acceptors (Lipinski definition) is 8. The van der Waals surface area contributed by atoms with E-state index in [1.807, 2.05) is 17.0 Å². The highest BCUT2D eigenvalue weighted by atomic mass is 16.5. The fourth-order valence-corrected chi connectivity index (χ4v) is 5.05. The van der Waals surface area contributed by atoms with E-state index in [1.165, 1.54) is 5.56 Å². The summed E-state index contributed by atoms with van der Waals surface area (Å²) in [5.74, 6) is 1.59. The smallest absolute Gasteiger partial charge is 0.245 e. The second-order valence-corrected chi connectivity index (χ2v) is 9.87. The Morgan fingerprint density at radius 1 is 1.23 bits per heavy atom. The Morgan fingerprint density at radius 3 is 2.80 bits per heavy atom. The lowest BCUT2D eigenvalue weighted by Crippen LogP contribution is -2.38. The van der Waals surface area contributed by atoms with Gasteiger partial charge in [-0.05, 0) is 44.7 Å². The largest absolute Gasteiger partial charge is 0.378 e. The molecular weight excluding hydrogens is 442 g/mol. The van der Waals surface area contributed by atoms with Gasteiger partial charge in [0.2, 0.25) is 11.9 Å². The quantitative estimate of drug-likeness (QED) is 0.325. The van der Waals surface area contributed by atoms with E-state index < -0.39 is 0 Å². The molecule has 1 aromatic carbocycles. The number of benzene rings is 1. The molecule has 9 nitrogen and oxygen atoms in total. The van der Waals surface area contributed by atoms with Crippen LogP contribution in [0.25, 0.3) is 0 Å². The number of aromatic nitrogens is 2. The Kier molecular flexibility index (Phi) is 6.97. The first-order chi connectivity index (χ1) is 17.1. The number of aryl methyl sites for hydroxylation is 1. The second kappa shape index (κ2) is 10.3. The number of unbranched alkanes of at least 4 members (excludes halogenated alkanes) is 1. The molecule has 3 heterocycles. The molecule has 0 unspecified atom stereocenters. The molecule has 9 heteroatoms. The Labute approximate surface area is 206 Å². The first-order valence-electron chi connectivity index (χ1n) is 12.7. The van der Waals surface area contributed by atoms with Crippen molar-refractivity contribution in [2.45, 2.75) is 52.1 Å². The number of nitrogens with zero attached hydrogens (tertiary/aromatic N) is 5. The fourth-order valence-electron chi connectivity index (χ4n) is 5.05. The van der Waals surface area contributed by atoms with Crippen molar-refractivity contribution < 1.29 is 9.53 Å². The van der Waals surface area contributed by atoms with Crippen molar-refractivity contribution in [1.82, 2.24) is 14.9 Å². The number of morpholine rings is 1. The maximum Gasteiger partial charge on any atom is 0.245 e. The third kappa shape index (κ3) is 5.31. The molecule has 2 fully saturated rings. The summed E-state index contributed by atoms with van der Waals surface area (Å²) in [6, 6.07) is 8.14. The summed E-state index contributed by atoms with van der Waals surface area (Å²) < 4.78 is 5.56. The van der Waals surface area contributed by atoms with Crippen molar-refractivity contribution >= 4 is 23.9 Å². The van der Waals surface area contributed by atoms with Crippen LogP contribution < -0.4 is 16.1 Å². The number of nitrogens with two attached hydrogens (primary N) is 1. The molecule has 1 amide bonds. The Morgan fingerprint density at radius 2 is 2.06 bits per heavy atom. The van der Waals surface area contributed by atoms with Gasteiger partial charge in [-0.15, -0.1) is 0 Å². The predicted octanol–water partition coefficient (Wildman–Crippen LogP) is 2.82.